The molecule has 6 heteroatoms. The number of carbonyl (C=O) groups excluding carboxylic acids is 1. The summed E-state index contributed by atoms with van der Waals surface area (Å²) in [6.07, 6.45) is 1.88. The molecular weight excluding hydrogens is 285 g/mol. The van der Waals surface area contributed by atoms with E-state index in [1.54, 1.807) is 18.2 Å². The van der Waals surface area contributed by atoms with Gasteiger partial charge in [-0.2, -0.15) is 0 Å². The molecule has 1 heterocycles. The average molecular weight is 302 g/mol. The minimum absolute atomic E-state index is 0.0697. The van der Waals surface area contributed by atoms with Crippen molar-refractivity contribution in [3.8, 4) is 0 Å². The van der Waals surface area contributed by atoms with E-state index >= 15 is 0 Å². The first kappa shape index (κ1) is 14.6. The lowest BCUT2D eigenvalue weighted by molar-refractivity contribution is -0.117. The zero-order valence-corrected chi connectivity index (χ0v) is 12.0. The maximum absolute atomic E-state index is 11.9. The minimum atomic E-state index is -0.0697. The number of piperidine rings is 1. The van der Waals surface area contributed by atoms with Gasteiger partial charge in [-0.05, 0) is 31.0 Å². The molecule has 1 aromatic rings. The van der Waals surface area contributed by atoms with Crippen molar-refractivity contribution < 1.29 is 4.79 Å². The Morgan fingerprint density at radius 2 is 2.05 bits per heavy atom. The third-order valence-electron chi connectivity index (χ3n) is 3.20. The van der Waals surface area contributed by atoms with Gasteiger partial charge in [-0.3, -0.25) is 9.69 Å². The molecule has 1 fully saturated rings. The summed E-state index contributed by atoms with van der Waals surface area (Å²) in [5.74, 6) is -0.0697. The third kappa shape index (κ3) is 4.35. The van der Waals surface area contributed by atoms with Crippen molar-refractivity contribution in [1.29, 1.82) is 0 Å². The molecule has 19 heavy (non-hydrogen) atoms. The van der Waals surface area contributed by atoms with Crippen molar-refractivity contribution in [3.63, 3.8) is 0 Å². The Balaban J connectivity index is 1.87. The molecular formula is C13H17Cl2N3O. The highest BCUT2D eigenvalue weighted by Crippen LogP contribution is 2.25. The smallest absolute Gasteiger partial charge is 0.238 e. The van der Waals surface area contributed by atoms with Gasteiger partial charge in [0.2, 0.25) is 5.91 Å². The molecule has 0 aromatic heterocycles. The zero-order chi connectivity index (χ0) is 13.8. The lowest BCUT2D eigenvalue weighted by Crippen LogP contribution is -2.43. The topological polar surface area (TPSA) is 58.4 Å². The molecule has 0 unspecified atom stereocenters. The number of hydrogen-bond acceptors (Lipinski definition) is 3. The monoisotopic (exact) mass is 301 g/mol. The lowest BCUT2D eigenvalue weighted by atomic mass is 10.1. The molecule has 0 atom stereocenters. The van der Waals surface area contributed by atoms with Crippen LogP contribution in [-0.4, -0.2) is 36.5 Å². The third-order valence-corrected chi connectivity index (χ3v) is 3.75. The lowest BCUT2D eigenvalue weighted by Gasteiger charge is -2.29. The highest BCUT2D eigenvalue weighted by atomic mass is 35.5. The van der Waals surface area contributed by atoms with E-state index in [0.717, 1.165) is 25.9 Å². The van der Waals surface area contributed by atoms with Gasteiger partial charge in [0.15, 0.2) is 0 Å². The van der Waals surface area contributed by atoms with Crippen LogP contribution in [0.4, 0.5) is 5.69 Å². The van der Waals surface area contributed by atoms with Gasteiger partial charge >= 0.3 is 0 Å². The Labute approximate surface area is 122 Å². The highest BCUT2D eigenvalue weighted by molar-refractivity contribution is 6.36. The van der Waals surface area contributed by atoms with E-state index < -0.39 is 0 Å². The molecule has 0 aliphatic carbocycles. The Kier molecular flexibility index (Phi) is 5.05. The standard InChI is InChI=1S/C13H17Cl2N3O/c14-9-1-2-12(11(15)7-9)17-13(19)8-18-5-3-10(16)4-6-18/h1-2,7,10H,3-6,8,16H2,(H,17,19). The van der Waals surface area contributed by atoms with E-state index in [1.807, 2.05) is 0 Å². The van der Waals surface area contributed by atoms with E-state index in [1.165, 1.54) is 0 Å². The first-order valence-electron chi connectivity index (χ1n) is 6.27. The number of rotatable bonds is 3. The van der Waals surface area contributed by atoms with Gasteiger partial charge in [-0.15, -0.1) is 0 Å². The molecule has 0 saturated carbocycles. The van der Waals surface area contributed by atoms with Crippen LogP contribution >= 0.6 is 23.2 Å². The van der Waals surface area contributed by atoms with Gasteiger partial charge in [-0.1, -0.05) is 23.2 Å². The number of benzene rings is 1. The number of amides is 1. The second-order valence-electron chi connectivity index (χ2n) is 4.79. The van der Waals surface area contributed by atoms with Crippen molar-refractivity contribution in [1.82, 2.24) is 4.90 Å². The average Bonchev–Trinajstić information content (AvgIpc) is 2.36. The molecule has 1 aliphatic rings. The quantitative estimate of drug-likeness (QED) is 0.901. The van der Waals surface area contributed by atoms with Gasteiger partial charge in [0.1, 0.15) is 0 Å². The molecule has 1 saturated heterocycles. The summed E-state index contributed by atoms with van der Waals surface area (Å²) < 4.78 is 0. The summed E-state index contributed by atoms with van der Waals surface area (Å²) in [6.45, 7) is 2.09. The fraction of sp³-hybridized carbons (Fsp3) is 0.462. The predicted octanol–water partition coefficient (Wildman–Crippen LogP) is 2.35. The summed E-state index contributed by atoms with van der Waals surface area (Å²) in [7, 11) is 0. The van der Waals surface area contributed by atoms with E-state index in [2.05, 4.69) is 10.2 Å². The molecule has 0 spiro atoms. The van der Waals surface area contributed by atoms with Crippen molar-refractivity contribution in [2.24, 2.45) is 5.73 Å². The largest absolute Gasteiger partial charge is 0.328 e. The number of carbonyl (C=O) groups is 1. The van der Waals surface area contributed by atoms with E-state index in [0.29, 0.717) is 22.3 Å². The molecule has 1 amide bonds. The van der Waals surface area contributed by atoms with Crippen LogP contribution in [0.15, 0.2) is 18.2 Å². The zero-order valence-electron chi connectivity index (χ0n) is 10.5. The second-order valence-corrected chi connectivity index (χ2v) is 5.63. The molecule has 1 aromatic carbocycles. The first-order chi connectivity index (χ1) is 9.04. The van der Waals surface area contributed by atoms with E-state index in [4.69, 9.17) is 28.9 Å². The first-order valence-corrected chi connectivity index (χ1v) is 7.03. The van der Waals surface area contributed by atoms with Crippen LogP contribution in [0.2, 0.25) is 10.0 Å². The van der Waals surface area contributed by atoms with Crippen molar-refractivity contribution in [2.75, 3.05) is 25.0 Å². The van der Waals surface area contributed by atoms with Crippen LogP contribution < -0.4 is 11.1 Å². The number of nitrogens with two attached hydrogens (primary N) is 1. The minimum Gasteiger partial charge on any atom is -0.328 e. The number of likely N-dealkylation sites (tertiary alicyclic amines) is 1. The summed E-state index contributed by atoms with van der Waals surface area (Å²) in [5, 5.41) is 3.79. The molecule has 0 bridgehead atoms. The molecule has 104 valence electrons. The van der Waals surface area contributed by atoms with Crippen LogP contribution in [-0.2, 0) is 4.79 Å². The number of halogens is 2. The van der Waals surface area contributed by atoms with E-state index in [9.17, 15) is 4.79 Å². The molecule has 2 rings (SSSR count). The maximum atomic E-state index is 11.9. The second kappa shape index (κ2) is 6.57. The van der Waals surface area contributed by atoms with E-state index in [-0.39, 0.29) is 11.9 Å². The Morgan fingerprint density at radius 3 is 2.68 bits per heavy atom. The number of nitrogens with one attached hydrogen (secondary N) is 1. The SMILES string of the molecule is NC1CCN(CC(=O)Nc2ccc(Cl)cc2Cl)CC1. The van der Waals surface area contributed by atoms with Crippen molar-refractivity contribution in [3.05, 3.63) is 28.2 Å². The fourth-order valence-corrected chi connectivity index (χ4v) is 2.55. The highest BCUT2D eigenvalue weighted by Gasteiger charge is 2.18. The van der Waals surface area contributed by atoms with Crippen LogP contribution in [0.1, 0.15) is 12.8 Å². The Hall–Kier alpha value is -0.810. The summed E-state index contributed by atoms with van der Waals surface area (Å²) in [5.41, 5.74) is 6.42. The van der Waals surface area contributed by atoms with Gasteiger partial charge in [0.25, 0.3) is 0 Å². The number of nitrogens with zero attached hydrogens (tertiary/aromatic N) is 1. The Bertz CT molecular complexity index is 459. The summed E-state index contributed by atoms with van der Waals surface area (Å²) >= 11 is 11.8. The van der Waals surface area contributed by atoms with Crippen LogP contribution in [0.5, 0.6) is 0 Å². The number of anilines is 1. The summed E-state index contributed by atoms with van der Waals surface area (Å²) in [6, 6.07) is 5.28. The molecule has 3 N–H and O–H groups in total. The normalized spacial score (nSPS) is 17.4. The van der Waals surface area contributed by atoms with Gasteiger partial charge in [-0.25, -0.2) is 0 Å². The van der Waals surface area contributed by atoms with Crippen molar-refractivity contribution in [2.45, 2.75) is 18.9 Å². The number of hydrogen-bond donors (Lipinski definition) is 2. The summed E-state index contributed by atoms with van der Waals surface area (Å²) in [4.78, 5) is 14.0. The van der Waals surface area contributed by atoms with Gasteiger partial charge in [0.05, 0.1) is 17.3 Å². The van der Waals surface area contributed by atoms with Crippen molar-refractivity contribution >= 4 is 34.8 Å². The van der Waals surface area contributed by atoms with Crippen LogP contribution in [0, 0.1) is 0 Å². The predicted molar refractivity (Wildman–Crippen MR) is 78.7 cm³/mol. The molecule has 1 aliphatic heterocycles. The molecule has 4 nitrogen and oxygen atoms in total. The van der Waals surface area contributed by atoms with Gasteiger partial charge in [0, 0.05) is 24.2 Å². The Morgan fingerprint density at radius 1 is 1.37 bits per heavy atom. The fourth-order valence-electron chi connectivity index (χ4n) is 2.09. The van der Waals surface area contributed by atoms with Crippen LogP contribution in [0.25, 0.3) is 0 Å². The maximum Gasteiger partial charge on any atom is 0.238 e. The van der Waals surface area contributed by atoms with Crippen LogP contribution in [0.3, 0.4) is 0 Å². The molecule has 0 radical (unpaired) electrons. The van der Waals surface area contributed by atoms with Gasteiger partial charge < -0.3 is 11.1 Å².